The van der Waals surface area contributed by atoms with Gasteiger partial charge in [-0.1, -0.05) is 23.7 Å². The minimum Gasteiger partial charge on any atom is -0.489 e. The number of halogens is 2. The minimum absolute atomic E-state index is 0.235. The molecule has 1 aromatic heterocycles. The Bertz CT molecular complexity index is 933. The van der Waals surface area contributed by atoms with Gasteiger partial charge < -0.3 is 4.74 Å². The molecule has 0 saturated carbocycles. The maximum atomic E-state index is 12.9. The second-order valence-corrected chi connectivity index (χ2v) is 6.06. The lowest BCUT2D eigenvalue weighted by Gasteiger charge is -2.06. The molecule has 1 N–H and O–H groups in total. The molecule has 0 atom stereocenters. The van der Waals surface area contributed by atoms with Crippen molar-refractivity contribution in [2.24, 2.45) is 12.1 Å². The fourth-order valence-corrected chi connectivity index (χ4v) is 2.53. The largest absolute Gasteiger partial charge is 0.489 e. The van der Waals surface area contributed by atoms with Gasteiger partial charge in [-0.05, 0) is 47.5 Å². The highest BCUT2D eigenvalue weighted by molar-refractivity contribution is 6.33. The maximum Gasteiger partial charge on any atom is 0.291 e. The molecule has 0 bridgehead atoms. The van der Waals surface area contributed by atoms with Crippen LogP contribution >= 0.6 is 11.6 Å². The van der Waals surface area contributed by atoms with E-state index in [1.165, 1.54) is 29.2 Å². The summed E-state index contributed by atoms with van der Waals surface area (Å²) in [6.45, 7) is 0.342. The van der Waals surface area contributed by atoms with Crippen molar-refractivity contribution in [3.05, 3.63) is 82.4 Å². The number of ether oxygens (including phenoxy) is 1. The molecule has 2 aromatic carbocycles. The number of hydrazone groups is 1. The van der Waals surface area contributed by atoms with Gasteiger partial charge in [0.2, 0.25) is 0 Å². The van der Waals surface area contributed by atoms with E-state index in [0.717, 1.165) is 11.1 Å². The smallest absolute Gasteiger partial charge is 0.291 e. The summed E-state index contributed by atoms with van der Waals surface area (Å²) in [6, 6.07) is 13.3. The summed E-state index contributed by atoms with van der Waals surface area (Å²) in [5, 5.41) is 8.06. The van der Waals surface area contributed by atoms with Gasteiger partial charge in [0.25, 0.3) is 5.91 Å². The van der Waals surface area contributed by atoms with Crippen LogP contribution in [-0.2, 0) is 13.7 Å². The second-order valence-electron chi connectivity index (χ2n) is 5.65. The van der Waals surface area contributed by atoms with E-state index in [-0.39, 0.29) is 16.5 Å². The van der Waals surface area contributed by atoms with E-state index in [1.807, 2.05) is 0 Å². The van der Waals surface area contributed by atoms with Crippen LogP contribution < -0.4 is 10.2 Å². The van der Waals surface area contributed by atoms with Gasteiger partial charge >= 0.3 is 0 Å². The predicted octanol–water partition coefficient (Wildman–Crippen LogP) is 3.56. The zero-order valence-corrected chi connectivity index (χ0v) is 15.2. The first kappa shape index (κ1) is 18.6. The van der Waals surface area contributed by atoms with Crippen LogP contribution in [0.2, 0.25) is 5.02 Å². The van der Waals surface area contributed by atoms with Crippen molar-refractivity contribution in [2.45, 2.75) is 6.61 Å². The zero-order chi connectivity index (χ0) is 19.2. The molecular weight excluding hydrogens is 371 g/mol. The van der Waals surface area contributed by atoms with E-state index >= 15 is 0 Å². The molecule has 0 radical (unpaired) electrons. The van der Waals surface area contributed by atoms with Crippen LogP contribution in [0.4, 0.5) is 4.39 Å². The molecule has 1 amide bonds. The lowest BCUT2D eigenvalue weighted by Crippen LogP contribution is -2.21. The summed E-state index contributed by atoms with van der Waals surface area (Å²) in [5.41, 5.74) is 4.29. The average molecular weight is 387 g/mol. The fraction of sp³-hybridized carbons (Fsp3) is 0.105. The molecule has 0 spiro atoms. The van der Waals surface area contributed by atoms with Gasteiger partial charge in [-0.25, -0.2) is 9.82 Å². The number of carbonyl (C=O) groups is 1. The van der Waals surface area contributed by atoms with Crippen molar-refractivity contribution >= 4 is 23.7 Å². The molecule has 3 rings (SSSR count). The van der Waals surface area contributed by atoms with Crippen LogP contribution in [-0.4, -0.2) is 21.9 Å². The highest BCUT2D eigenvalue weighted by Gasteiger charge is 2.14. The Morgan fingerprint density at radius 1 is 1.26 bits per heavy atom. The fourth-order valence-electron chi connectivity index (χ4n) is 2.28. The normalized spacial score (nSPS) is 10.9. The number of benzene rings is 2. The Morgan fingerprint density at radius 2 is 1.96 bits per heavy atom. The molecule has 8 heteroatoms. The van der Waals surface area contributed by atoms with E-state index < -0.39 is 5.91 Å². The second kappa shape index (κ2) is 8.46. The van der Waals surface area contributed by atoms with Crippen molar-refractivity contribution in [2.75, 3.05) is 0 Å². The van der Waals surface area contributed by atoms with Gasteiger partial charge in [0, 0.05) is 7.05 Å². The Balaban J connectivity index is 1.53. The first-order chi connectivity index (χ1) is 13.0. The number of rotatable bonds is 6. The molecular formula is C19H16ClFN4O2. The quantitative estimate of drug-likeness (QED) is 0.520. The van der Waals surface area contributed by atoms with Crippen molar-refractivity contribution < 1.29 is 13.9 Å². The number of nitrogens with one attached hydrogen (secondary N) is 1. The molecule has 3 aromatic rings. The first-order valence-electron chi connectivity index (χ1n) is 8.01. The molecule has 0 aliphatic rings. The zero-order valence-electron chi connectivity index (χ0n) is 14.4. The number of carbonyl (C=O) groups excluding carboxylic acids is 1. The van der Waals surface area contributed by atoms with Crippen LogP contribution in [0.3, 0.4) is 0 Å². The van der Waals surface area contributed by atoms with Gasteiger partial charge in [0.05, 0.1) is 17.4 Å². The predicted molar refractivity (Wildman–Crippen MR) is 100 cm³/mol. The van der Waals surface area contributed by atoms with Crippen LogP contribution in [0.5, 0.6) is 5.75 Å². The molecule has 6 nitrogen and oxygen atoms in total. The lowest BCUT2D eigenvalue weighted by molar-refractivity contribution is 0.0946. The minimum atomic E-state index is -0.449. The Kier molecular flexibility index (Phi) is 5.83. The topological polar surface area (TPSA) is 68.5 Å². The summed E-state index contributed by atoms with van der Waals surface area (Å²) < 4.78 is 19.9. The van der Waals surface area contributed by atoms with Gasteiger partial charge in [0.1, 0.15) is 23.9 Å². The Morgan fingerprint density at radius 3 is 2.59 bits per heavy atom. The van der Waals surface area contributed by atoms with Crippen molar-refractivity contribution in [3.8, 4) is 5.75 Å². The van der Waals surface area contributed by atoms with Gasteiger partial charge in [-0.3, -0.25) is 9.48 Å². The highest BCUT2D eigenvalue weighted by Crippen LogP contribution is 2.15. The molecule has 0 unspecified atom stereocenters. The van der Waals surface area contributed by atoms with Gasteiger partial charge in [0.15, 0.2) is 0 Å². The van der Waals surface area contributed by atoms with Crippen molar-refractivity contribution in [3.63, 3.8) is 0 Å². The van der Waals surface area contributed by atoms with Crippen molar-refractivity contribution in [1.29, 1.82) is 0 Å². The number of amides is 1. The van der Waals surface area contributed by atoms with Crippen LogP contribution in [0.25, 0.3) is 0 Å². The third kappa shape index (κ3) is 4.92. The van der Waals surface area contributed by atoms with E-state index in [9.17, 15) is 9.18 Å². The molecule has 0 aliphatic carbocycles. The number of nitrogens with zero attached hydrogens (tertiary/aromatic N) is 3. The Labute approximate surface area is 160 Å². The van der Waals surface area contributed by atoms with E-state index in [2.05, 4.69) is 15.6 Å². The molecule has 27 heavy (non-hydrogen) atoms. The lowest BCUT2D eigenvalue weighted by atomic mass is 10.2. The monoisotopic (exact) mass is 386 g/mol. The number of hydrogen-bond donors (Lipinski definition) is 1. The van der Waals surface area contributed by atoms with E-state index in [1.54, 1.807) is 43.4 Å². The van der Waals surface area contributed by atoms with E-state index in [4.69, 9.17) is 16.3 Å². The summed E-state index contributed by atoms with van der Waals surface area (Å²) in [5.74, 6) is -0.0576. The molecule has 0 aliphatic heterocycles. The van der Waals surface area contributed by atoms with Gasteiger partial charge in [-0.15, -0.1) is 0 Å². The SMILES string of the molecule is Cn1ncc(Cl)c1C(=O)N/N=C/c1ccc(OCc2ccc(F)cc2)cc1. The Hall–Kier alpha value is -3.19. The summed E-state index contributed by atoms with van der Waals surface area (Å²) in [7, 11) is 1.62. The first-order valence-corrected chi connectivity index (χ1v) is 8.39. The van der Waals surface area contributed by atoms with Gasteiger partial charge in [-0.2, -0.15) is 10.2 Å². The maximum absolute atomic E-state index is 12.9. The summed E-state index contributed by atoms with van der Waals surface area (Å²) in [4.78, 5) is 12.0. The van der Waals surface area contributed by atoms with Crippen molar-refractivity contribution in [1.82, 2.24) is 15.2 Å². The third-order valence-electron chi connectivity index (χ3n) is 3.69. The van der Waals surface area contributed by atoms with Crippen LogP contribution in [0.1, 0.15) is 21.6 Å². The summed E-state index contributed by atoms with van der Waals surface area (Å²) in [6.07, 6.45) is 2.90. The average Bonchev–Trinajstić information content (AvgIpc) is 3.00. The molecule has 138 valence electrons. The van der Waals surface area contributed by atoms with Crippen LogP contribution in [0.15, 0.2) is 59.8 Å². The molecule has 0 fully saturated rings. The number of aromatic nitrogens is 2. The highest BCUT2D eigenvalue weighted by atomic mass is 35.5. The standard InChI is InChI=1S/C19H16ClFN4O2/c1-25-18(17(20)11-23-25)19(26)24-22-10-13-4-8-16(9-5-13)27-12-14-2-6-15(21)7-3-14/h2-11H,12H2,1H3,(H,24,26)/b22-10+. The van der Waals surface area contributed by atoms with Crippen LogP contribution in [0, 0.1) is 5.82 Å². The third-order valence-corrected chi connectivity index (χ3v) is 3.96. The molecule has 0 saturated heterocycles. The number of aryl methyl sites for hydroxylation is 1. The summed E-state index contributed by atoms with van der Waals surface area (Å²) >= 11 is 5.91. The van der Waals surface area contributed by atoms with E-state index in [0.29, 0.717) is 12.4 Å². The molecule has 1 heterocycles. The number of hydrogen-bond acceptors (Lipinski definition) is 4.